The molecule has 34 heavy (non-hydrogen) atoms. The van der Waals surface area contributed by atoms with Gasteiger partial charge in [0.15, 0.2) is 0 Å². The van der Waals surface area contributed by atoms with Gasteiger partial charge >= 0.3 is 0 Å². The third kappa shape index (κ3) is 3.53. The second kappa shape index (κ2) is 8.54. The summed E-state index contributed by atoms with van der Waals surface area (Å²) in [6.07, 6.45) is 0. The molecule has 0 aliphatic heterocycles. The molecule has 6 aromatic rings. The van der Waals surface area contributed by atoms with Gasteiger partial charge in [-0.2, -0.15) is 0 Å². The molecule has 0 spiro atoms. The molecule has 5 aromatic carbocycles. The SMILES string of the molecule is NCc1cccc(-n2c3ccccc3c3cc(-c4ccccc4Nc4ccccc4)ccc32)c1. The molecule has 3 N–H and O–H groups in total. The largest absolute Gasteiger partial charge is 0.355 e. The highest BCUT2D eigenvalue weighted by Gasteiger charge is 2.14. The van der Waals surface area contributed by atoms with Crippen LogP contribution < -0.4 is 11.1 Å². The average molecular weight is 440 g/mol. The third-order valence-electron chi connectivity index (χ3n) is 6.37. The van der Waals surface area contributed by atoms with Crippen LogP contribution in [0.4, 0.5) is 11.4 Å². The van der Waals surface area contributed by atoms with Gasteiger partial charge in [0.05, 0.1) is 11.0 Å². The van der Waals surface area contributed by atoms with Crippen LogP contribution in [0.2, 0.25) is 0 Å². The van der Waals surface area contributed by atoms with Crippen molar-refractivity contribution in [3.8, 4) is 16.8 Å². The molecule has 0 atom stereocenters. The van der Waals surface area contributed by atoms with Crippen molar-refractivity contribution in [2.45, 2.75) is 6.54 Å². The average Bonchev–Trinajstić information content (AvgIpc) is 3.23. The maximum absolute atomic E-state index is 5.94. The highest BCUT2D eigenvalue weighted by atomic mass is 15.0. The molecular weight excluding hydrogens is 414 g/mol. The maximum Gasteiger partial charge on any atom is 0.0541 e. The zero-order valence-corrected chi connectivity index (χ0v) is 18.8. The first-order valence-corrected chi connectivity index (χ1v) is 11.6. The van der Waals surface area contributed by atoms with E-state index in [0.29, 0.717) is 6.54 Å². The van der Waals surface area contributed by atoms with Crippen LogP contribution in [0.25, 0.3) is 38.6 Å². The summed E-state index contributed by atoms with van der Waals surface area (Å²) in [6, 6.07) is 42.6. The zero-order valence-electron chi connectivity index (χ0n) is 18.8. The topological polar surface area (TPSA) is 43.0 Å². The van der Waals surface area contributed by atoms with Gasteiger partial charge in [-0.25, -0.2) is 0 Å². The molecule has 0 bridgehead atoms. The number of anilines is 2. The molecule has 0 aliphatic rings. The predicted octanol–water partition coefficient (Wildman–Crippen LogP) is 7.65. The molecule has 3 nitrogen and oxygen atoms in total. The monoisotopic (exact) mass is 439 g/mol. The van der Waals surface area contributed by atoms with E-state index in [2.05, 4.69) is 113 Å². The Bertz CT molecular complexity index is 1610. The van der Waals surface area contributed by atoms with Gasteiger partial charge in [-0.05, 0) is 59.7 Å². The minimum absolute atomic E-state index is 0.528. The molecule has 0 saturated heterocycles. The smallest absolute Gasteiger partial charge is 0.0541 e. The molecule has 0 unspecified atom stereocenters. The van der Waals surface area contributed by atoms with Gasteiger partial charge in [0, 0.05) is 39.9 Å². The normalized spacial score (nSPS) is 11.2. The number of para-hydroxylation sites is 3. The maximum atomic E-state index is 5.94. The minimum Gasteiger partial charge on any atom is -0.355 e. The second-order valence-corrected chi connectivity index (χ2v) is 8.50. The number of hydrogen-bond donors (Lipinski definition) is 2. The first-order valence-electron chi connectivity index (χ1n) is 11.6. The Kier molecular flexibility index (Phi) is 5.10. The van der Waals surface area contributed by atoms with Crippen molar-refractivity contribution < 1.29 is 0 Å². The second-order valence-electron chi connectivity index (χ2n) is 8.50. The number of nitrogens with one attached hydrogen (secondary N) is 1. The van der Waals surface area contributed by atoms with E-state index < -0.39 is 0 Å². The predicted molar refractivity (Wildman–Crippen MR) is 144 cm³/mol. The van der Waals surface area contributed by atoms with Crippen LogP contribution in [0.1, 0.15) is 5.56 Å². The number of rotatable bonds is 5. The number of aromatic nitrogens is 1. The highest BCUT2D eigenvalue weighted by molar-refractivity contribution is 6.10. The van der Waals surface area contributed by atoms with Gasteiger partial charge in [-0.15, -0.1) is 0 Å². The zero-order chi connectivity index (χ0) is 22.9. The van der Waals surface area contributed by atoms with Crippen LogP contribution in [-0.4, -0.2) is 4.57 Å². The van der Waals surface area contributed by atoms with E-state index in [4.69, 9.17) is 5.73 Å². The third-order valence-corrected chi connectivity index (χ3v) is 6.37. The Morgan fingerprint density at radius 2 is 1.38 bits per heavy atom. The Morgan fingerprint density at radius 1 is 0.618 bits per heavy atom. The van der Waals surface area contributed by atoms with E-state index in [1.165, 1.54) is 32.9 Å². The summed E-state index contributed by atoms with van der Waals surface area (Å²) < 4.78 is 2.34. The Labute approximate surface area is 199 Å². The number of hydrogen-bond acceptors (Lipinski definition) is 2. The fourth-order valence-corrected chi connectivity index (χ4v) is 4.76. The van der Waals surface area contributed by atoms with E-state index in [9.17, 15) is 0 Å². The van der Waals surface area contributed by atoms with E-state index in [1.54, 1.807) is 0 Å². The van der Waals surface area contributed by atoms with Gasteiger partial charge in [0.25, 0.3) is 0 Å². The van der Waals surface area contributed by atoms with Crippen LogP contribution in [0.5, 0.6) is 0 Å². The lowest BCUT2D eigenvalue weighted by Gasteiger charge is -2.13. The molecule has 1 aromatic heterocycles. The molecule has 0 fully saturated rings. The summed E-state index contributed by atoms with van der Waals surface area (Å²) in [6.45, 7) is 0.528. The Balaban J connectivity index is 1.54. The van der Waals surface area contributed by atoms with Crippen molar-refractivity contribution in [1.82, 2.24) is 4.57 Å². The van der Waals surface area contributed by atoms with Gasteiger partial charge in [-0.3, -0.25) is 0 Å². The number of nitrogens with two attached hydrogens (primary N) is 1. The summed E-state index contributed by atoms with van der Waals surface area (Å²) >= 11 is 0. The fourth-order valence-electron chi connectivity index (χ4n) is 4.76. The van der Waals surface area contributed by atoms with Gasteiger partial charge < -0.3 is 15.6 Å². The van der Waals surface area contributed by atoms with Crippen LogP contribution in [0.15, 0.2) is 121 Å². The highest BCUT2D eigenvalue weighted by Crippen LogP contribution is 2.37. The van der Waals surface area contributed by atoms with Crippen molar-refractivity contribution in [2.75, 3.05) is 5.32 Å². The summed E-state index contributed by atoms with van der Waals surface area (Å²) in [7, 11) is 0. The lowest BCUT2D eigenvalue weighted by molar-refractivity contribution is 1.06. The van der Waals surface area contributed by atoms with Crippen LogP contribution in [-0.2, 0) is 6.54 Å². The van der Waals surface area contributed by atoms with Gasteiger partial charge in [-0.1, -0.05) is 72.8 Å². The number of benzene rings is 5. The quantitative estimate of drug-likeness (QED) is 0.290. The number of fused-ring (bicyclic) bond motifs is 3. The molecule has 3 heteroatoms. The molecule has 0 radical (unpaired) electrons. The van der Waals surface area contributed by atoms with Gasteiger partial charge in [0.2, 0.25) is 0 Å². The minimum atomic E-state index is 0.528. The van der Waals surface area contributed by atoms with E-state index >= 15 is 0 Å². The van der Waals surface area contributed by atoms with Gasteiger partial charge in [0.1, 0.15) is 0 Å². The van der Waals surface area contributed by atoms with Crippen LogP contribution in [0.3, 0.4) is 0 Å². The fraction of sp³-hybridized carbons (Fsp3) is 0.0323. The molecule has 6 rings (SSSR count). The standard InChI is InChI=1S/C31H25N3/c32-21-22-9-8-12-25(19-22)34-30-16-7-5-14-27(30)28-20-23(17-18-31(28)34)26-13-4-6-15-29(26)33-24-10-2-1-3-11-24/h1-20,33H,21,32H2. The molecule has 0 saturated carbocycles. The summed E-state index contributed by atoms with van der Waals surface area (Å²) in [5.41, 5.74) is 15.1. The summed E-state index contributed by atoms with van der Waals surface area (Å²) in [5.74, 6) is 0. The Hall–Kier alpha value is -4.34. The molecule has 164 valence electrons. The number of nitrogens with zero attached hydrogens (tertiary/aromatic N) is 1. The van der Waals surface area contributed by atoms with E-state index in [-0.39, 0.29) is 0 Å². The molecule has 1 heterocycles. The molecule has 0 aliphatic carbocycles. The summed E-state index contributed by atoms with van der Waals surface area (Å²) in [5, 5.41) is 6.06. The van der Waals surface area contributed by atoms with Crippen molar-refractivity contribution in [3.05, 3.63) is 127 Å². The van der Waals surface area contributed by atoms with Crippen molar-refractivity contribution in [2.24, 2.45) is 5.73 Å². The van der Waals surface area contributed by atoms with Crippen LogP contribution in [0, 0.1) is 0 Å². The van der Waals surface area contributed by atoms with Crippen LogP contribution >= 0.6 is 0 Å². The lowest BCUT2D eigenvalue weighted by Crippen LogP contribution is -1.99. The van der Waals surface area contributed by atoms with Crippen molar-refractivity contribution in [1.29, 1.82) is 0 Å². The Morgan fingerprint density at radius 3 is 2.26 bits per heavy atom. The summed E-state index contributed by atoms with van der Waals surface area (Å²) in [4.78, 5) is 0. The first-order chi connectivity index (χ1) is 16.8. The molecular formula is C31H25N3. The van der Waals surface area contributed by atoms with E-state index in [1.807, 2.05) is 18.2 Å². The van der Waals surface area contributed by atoms with Crippen molar-refractivity contribution in [3.63, 3.8) is 0 Å². The van der Waals surface area contributed by atoms with E-state index in [0.717, 1.165) is 22.6 Å². The van der Waals surface area contributed by atoms with Crippen molar-refractivity contribution >= 4 is 33.2 Å². The lowest BCUT2D eigenvalue weighted by atomic mass is 10.0. The first kappa shape index (κ1) is 20.3. The molecule has 0 amide bonds.